The summed E-state index contributed by atoms with van der Waals surface area (Å²) in [6.07, 6.45) is 11.1. The Labute approximate surface area is 170 Å². The third-order valence-electron chi connectivity index (χ3n) is 5.02. The van der Waals surface area contributed by atoms with Gasteiger partial charge in [0.25, 0.3) is 0 Å². The number of anilines is 1. The number of hydrogen-bond donors (Lipinski definition) is 1. The summed E-state index contributed by atoms with van der Waals surface area (Å²) >= 11 is -2.53. The Morgan fingerprint density at radius 2 is 1.52 bits per heavy atom. The van der Waals surface area contributed by atoms with Gasteiger partial charge in [-0.2, -0.15) is 0 Å². The van der Waals surface area contributed by atoms with Crippen LogP contribution in [-0.4, -0.2) is 35.1 Å². The van der Waals surface area contributed by atoms with Crippen molar-refractivity contribution in [3.05, 3.63) is 18.5 Å². The molecule has 1 N–H and O–H groups in total. The van der Waals surface area contributed by atoms with Crippen molar-refractivity contribution < 1.29 is 9.53 Å². The summed E-state index contributed by atoms with van der Waals surface area (Å²) in [5, 5.41) is 2.89. The quantitative estimate of drug-likeness (QED) is 0.367. The van der Waals surface area contributed by atoms with Gasteiger partial charge in [-0.25, -0.2) is 0 Å². The molecule has 0 aliphatic rings. The summed E-state index contributed by atoms with van der Waals surface area (Å²) in [5.74, 6) is 0. The van der Waals surface area contributed by atoms with Crippen molar-refractivity contribution in [3.8, 4) is 0 Å². The second-order valence-electron chi connectivity index (χ2n) is 8.68. The fourth-order valence-electron chi connectivity index (χ4n) is 3.57. The van der Waals surface area contributed by atoms with Crippen LogP contribution in [0.1, 0.15) is 80.1 Å². The Balaban J connectivity index is 3.10. The van der Waals surface area contributed by atoms with Crippen LogP contribution in [0.5, 0.6) is 0 Å². The second kappa shape index (κ2) is 11.9. The van der Waals surface area contributed by atoms with Crippen LogP contribution in [0.3, 0.4) is 0 Å². The Hall–Kier alpha value is -0.781. The van der Waals surface area contributed by atoms with Crippen molar-refractivity contribution in [2.45, 2.75) is 99.0 Å². The fourth-order valence-corrected chi connectivity index (χ4v) is 19.3. The van der Waals surface area contributed by atoms with Gasteiger partial charge >= 0.3 is 171 Å². The van der Waals surface area contributed by atoms with E-state index in [1.54, 1.807) is 6.20 Å². The molecule has 0 spiro atoms. The average molecular weight is 483 g/mol. The molecule has 1 heterocycles. The number of pyridine rings is 1. The molecule has 0 saturated carbocycles. The van der Waals surface area contributed by atoms with Gasteiger partial charge in [-0.1, -0.05) is 0 Å². The average Bonchev–Trinajstić information content (AvgIpc) is 2.60. The number of hydrogen-bond acceptors (Lipinski definition) is 3. The second-order valence-corrected chi connectivity index (χ2v) is 21.9. The van der Waals surface area contributed by atoms with Gasteiger partial charge in [0.1, 0.15) is 0 Å². The van der Waals surface area contributed by atoms with Crippen LogP contribution in [0.25, 0.3) is 0 Å². The first-order chi connectivity index (χ1) is 12.8. The van der Waals surface area contributed by atoms with Crippen molar-refractivity contribution in [1.29, 1.82) is 0 Å². The number of ether oxygens (including phenoxy) is 1. The van der Waals surface area contributed by atoms with Crippen LogP contribution in [0, 0.1) is 0 Å². The van der Waals surface area contributed by atoms with E-state index < -0.39 is 30.1 Å². The van der Waals surface area contributed by atoms with Gasteiger partial charge in [-0.3, -0.25) is 0 Å². The van der Waals surface area contributed by atoms with Crippen molar-refractivity contribution in [2.75, 3.05) is 5.32 Å². The predicted octanol–water partition coefficient (Wildman–Crippen LogP) is 6.48. The number of amides is 1. The van der Waals surface area contributed by atoms with E-state index in [-0.39, 0.29) is 0 Å². The molecule has 0 unspecified atom stereocenters. The van der Waals surface area contributed by atoms with E-state index in [1.165, 1.54) is 55.4 Å². The van der Waals surface area contributed by atoms with Crippen LogP contribution in [0.15, 0.2) is 18.5 Å². The van der Waals surface area contributed by atoms with Gasteiger partial charge < -0.3 is 0 Å². The normalized spacial score (nSPS) is 12.1. The van der Waals surface area contributed by atoms with Gasteiger partial charge in [0, 0.05) is 0 Å². The van der Waals surface area contributed by atoms with Gasteiger partial charge in [0.2, 0.25) is 0 Å². The number of rotatable bonds is 11. The molecule has 0 bridgehead atoms. The minimum atomic E-state index is -2.53. The van der Waals surface area contributed by atoms with Crippen LogP contribution in [-0.2, 0) is 4.74 Å². The SMILES string of the molecule is CCC[CH2][Sn]([CH2]CCC)([CH2]CCC)[c]1cncc(NC(=O)OC(C)(C)C)c1. The van der Waals surface area contributed by atoms with E-state index in [2.05, 4.69) is 43.3 Å². The molecule has 1 rings (SSSR count). The predicted molar refractivity (Wildman–Crippen MR) is 119 cm³/mol. The number of aromatic nitrogens is 1. The standard InChI is InChI=1S/C10H13N2O2.3C4H9.Sn/c1-10(2,3)14-9(13)12-8-5-4-6-11-7-8;3*1-3-4-2;/h5-7H,1-3H3,(H,12,13);3*1,3-4H2,2H3;. The van der Waals surface area contributed by atoms with E-state index >= 15 is 0 Å². The maximum absolute atomic E-state index is 12.2. The van der Waals surface area contributed by atoms with Crippen molar-refractivity contribution in [1.82, 2.24) is 4.98 Å². The molecule has 0 saturated heterocycles. The fraction of sp³-hybridized carbons (Fsp3) is 0.727. The maximum atomic E-state index is 12.2. The molecule has 0 aliphatic heterocycles. The molecule has 0 aromatic carbocycles. The van der Waals surface area contributed by atoms with Gasteiger partial charge in [-0.05, 0) is 0 Å². The van der Waals surface area contributed by atoms with Crippen molar-refractivity contribution in [2.24, 2.45) is 0 Å². The molecule has 154 valence electrons. The Bertz CT molecular complexity index is 548. The molecule has 0 atom stereocenters. The number of nitrogens with zero attached hydrogens (tertiary/aromatic N) is 1. The zero-order valence-electron chi connectivity index (χ0n) is 18.4. The third-order valence-corrected chi connectivity index (χ3v) is 20.5. The summed E-state index contributed by atoms with van der Waals surface area (Å²) in [7, 11) is 0. The van der Waals surface area contributed by atoms with E-state index in [0.29, 0.717) is 0 Å². The molecule has 5 heteroatoms. The zero-order chi connectivity index (χ0) is 20.3. The Morgan fingerprint density at radius 1 is 1.00 bits per heavy atom. The molecule has 1 aromatic heterocycles. The summed E-state index contributed by atoms with van der Waals surface area (Å²) in [5.41, 5.74) is 0.272. The first kappa shape index (κ1) is 24.3. The molecule has 1 aromatic rings. The van der Waals surface area contributed by atoms with E-state index in [0.717, 1.165) is 5.69 Å². The zero-order valence-corrected chi connectivity index (χ0v) is 21.2. The molecule has 0 fully saturated rings. The summed E-state index contributed by atoms with van der Waals surface area (Å²) in [4.78, 5) is 16.7. The van der Waals surface area contributed by atoms with Crippen molar-refractivity contribution >= 4 is 33.7 Å². The van der Waals surface area contributed by atoms with Gasteiger partial charge in [0.15, 0.2) is 0 Å². The first-order valence-electron chi connectivity index (χ1n) is 10.7. The first-order valence-corrected chi connectivity index (χ1v) is 18.2. The van der Waals surface area contributed by atoms with E-state index in [1.807, 2.05) is 20.8 Å². The minimum absolute atomic E-state index is 0.405. The third kappa shape index (κ3) is 8.84. The van der Waals surface area contributed by atoms with Crippen LogP contribution in [0.2, 0.25) is 13.3 Å². The van der Waals surface area contributed by atoms with Crippen molar-refractivity contribution in [3.63, 3.8) is 0 Å². The summed E-state index contributed by atoms with van der Waals surface area (Å²) in [6.45, 7) is 12.5. The van der Waals surface area contributed by atoms with Crippen LogP contribution in [0.4, 0.5) is 10.5 Å². The number of carbonyl (C=O) groups excluding carboxylic acids is 1. The monoisotopic (exact) mass is 484 g/mol. The van der Waals surface area contributed by atoms with Gasteiger partial charge in [0.05, 0.1) is 0 Å². The Kier molecular flexibility index (Phi) is 10.7. The number of unbranched alkanes of at least 4 members (excludes halogenated alkanes) is 3. The number of carbonyl (C=O) groups is 1. The molecule has 0 radical (unpaired) electrons. The molecule has 27 heavy (non-hydrogen) atoms. The van der Waals surface area contributed by atoms with Crippen LogP contribution >= 0.6 is 0 Å². The summed E-state index contributed by atoms with van der Waals surface area (Å²) in [6, 6.07) is 2.20. The molecule has 1 amide bonds. The topological polar surface area (TPSA) is 51.2 Å². The van der Waals surface area contributed by atoms with E-state index in [9.17, 15) is 4.79 Å². The summed E-state index contributed by atoms with van der Waals surface area (Å²) < 4.78 is 11.0. The van der Waals surface area contributed by atoms with Crippen LogP contribution < -0.4 is 8.90 Å². The molecule has 0 aliphatic carbocycles. The molecular weight excluding hydrogens is 443 g/mol. The molecular formula is C22H40N2O2Sn. The van der Waals surface area contributed by atoms with E-state index in [4.69, 9.17) is 4.74 Å². The van der Waals surface area contributed by atoms with Gasteiger partial charge in [-0.15, -0.1) is 0 Å². The molecule has 4 nitrogen and oxygen atoms in total. The Morgan fingerprint density at radius 3 is 1.96 bits per heavy atom. The number of nitrogens with one attached hydrogen (secondary N) is 1.